The lowest BCUT2D eigenvalue weighted by Crippen LogP contribution is -1.92. The Labute approximate surface area is 47.0 Å². The predicted molar refractivity (Wildman–Crippen MR) is 34.9 cm³/mol. The van der Waals surface area contributed by atoms with Crippen molar-refractivity contribution in [3.8, 4) is 0 Å². The van der Waals surface area contributed by atoms with Crippen molar-refractivity contribution < 1.29 is 4.89 Å². The van der Waals surface area contributed by atoms with E-state index in [9.17, 15) is 0 Å². The quantitative estimate of drug-likeness (QED) is 0.561. The molecule has 1 N–H and O–H groups in total. The van der Waals surface area contributed by atoms with Crippen molar-refractivity contribution in [2.45, 2.75) is 20.3 Å². The second-order valence-electron chi connectivity index (χ2n) is 1.88. The zero-order chi connectivity index (χ0) is 5.70. The van der Waals surface area contributed by atoms with Crippen LogP contribution in [0.15, 0.2) is 0 Å². The Balaban J connectivity index is 2.83. The van der Waals surface area contributed by atoms with E-state index < -0.39 is 0 Å². The van der Waals surface area contributed by atoms with Gasteiger partial charge in [-0.05, 0) is 12.1 Å². The van der Waals surface area contributed by atoms with Gasteiger partial charge in [-0.15, -0.1) is 0 Å². The topological polar surface area (TPSA) is 20.2 Å². The predicted octanol–water partition coefficient (Wildman–Crippen LogP) is 1.62. The fourth-order valence-electron chi connectivity index (χ4n) is 0.300. The monoisotopic (exact) mass is 120 g/mol. The molecule has 2 atom stereocenters. The first kappa shape index (κ1) is 7.39. The van der Waals surface area contributed by atoms with Crippen LogP contribution in [0.5, 0.6) is 0 Å². The van der Waals surface area contributed by atoms with Crippen LogP contribution in [0.2, 0.25) is 0 Å². The van der Waals surface area contributed by atoms with E-state index in [0.29, 0.717) is 5.92 Å². The van der Waals surface area contributed by atoms with E-state index in [1.807, 2.05) is 0 Å². The van der Waals surface area contributed by atoms with Gasteiger partial charge in [0.15, 0.2) is 0 Å². The summed E-state index contributed by atoms with van der Waals surface area (Å²) in [5.41, 5.74) is 0. The van der Waals surface area contributed by atoms with Gasteiger partial charge in [-0.3, -0.25) is 0 Å². The zero-order valence-electron chi connectivity index (χ0n) is 4.94. The van der Waals surface area contributed by atoms with Gasteiger partial charge in [0.25, 0.3) is 0 Å². The summed E-state index contributed by atoms with van der Waals surface area (Å²) >= 11 is 0. The van der Waals surface area contributed by atoms with Gasteiger partial charge in [-0.25, -0.2) is 0 Å². The van der Waals surface area contributed by atoms with Crippen LogP contribution in [0.25, 0.3) is 0 Å². The summed E-state index contributed by atoms with van der Waals surface area (Å²) in [6.45, 7) is 4.30. The van der Waals surface area contributed by atoms with Crippen LogP contribution in [0.3, 0.4) is 0 Å². The van der Waals surface area contributed by atoms with Crippen molar-refractivity contribution in [3.05, 3.63) is 0 Å². The molecule has 1 unspecified atom stereocenters. The van der Waals surface area contributed by atoms with Crippen molar-refractivity contribution in [1.29, 1.82) is 0 Å². The van der Waals surface area contributed by atoms with E-state index in [1.54, 1.807) is 0 Å². The van der Waals surface area contributed by atoms with Crippen molar-refractivity contribution in [2.24, 2.45) is 5.92 Å². The van der Waals surface area contributed by atoms with Crippen molar-refractivity contribution in [1.82, 2.24) is 0 Å². The minimum Gasteiger partial charge on any atom is -0.377 e. The van der Waals surface area contributed by atoms with Crippen LogP contribution in [-0.4, -0.2) is 11.1 Å². The minimum absolute atomic E-state index is 0.145. The Hall–Kier alpha value is 0.390. The molecule has 44 valence electrons. The summed E-state index contributed by atoms with van der Waals surface area (Å²) in [4.78, 5) is 8.40. The summed E-state index contributed by atoms with van der Waals surface area (Å²) in [6.07, 6.45) is 2.17. The first-order valence-corrected chi connectivity index (χ1v) is 3.83. The second kappa shape index (κ2) is 4.55. The molecule has 0 saturated heterocycles. The van der Waals surface area contributed by atoms with Gasteiger partial charge in [0.05, 0.1) is 0 Å². The fourth-order valence-corrected chi connectivity index (χ4v) is 0.901. The molecule has 7 heavy (non-hydrogen) atoms. The molecule has 0 spiro atoms. The lowest BCUT2D eigenvalue weighted by molar-refractivity contribution is 0.592. The largest absolute Gasteiger partial charge is 0.377 e. The van der Waals surface area contributed by atoms with Crippen LogP contribution in [0.1, 0.15) is 20.3 Å². The van der Waals surface area contributed by atoms with E-state index in [-0.39, 0.29) is 8.81 Å². The lowest BCUT2D eigenvalue weighted by atomic mass is 10.2. The average molecular weight is 120 g/mol. The van der Waals surface area contributed by atoms with Crippen molar-refractivity contribution in [2.75, 3.05) is 6.16 Å². The molecule has 0 heterocycles. The van der Waals surface area contributed by atoms with Crippen LogP contribution < -0.4 is 0 Å². The summed E-state index contributed by atoms with van der Waals surface area (Å²) in [5.74, 6) is 0.711. The Morgan fingerprint density at radius 1 is 1.71 bits per heavy atom. The average Bonchev–Trinajstić information content (AvgIpc) is 1.68. The highest BCUT2D eigenvalue weighted by molar-refractivity contribution is 7.31. The van der Waals surface area contributed by atoms with Gasteiger partial charge in [0, 0.05) is 8.81 Å². The zero-order valence-corrected chi connectivity index (χ0v) is 5.94. The lowest BCUT2D eigenvalue weighted by Gasteiger charge is -2.01. The molecule has 0 saturated carbocycles. The summed E-state index contributed by atoms with van der Waals surface area (Å²) < 4.78 is 0. The molecule has 0 aliphatic carbocycles. The third-order valence-corrected chi connectivity index (χ3v) is 2.02. The molecule has 0 aliphatic rings. The van der Waals surface area contributed by atoms with Gasteiger partial charge in [-0.2, -0.15) is 0 Å². The van der Waals surface area contributed by atoms with Crippen molar-refractivity contribution >= 4 is 8.81 Å². The highest BCUT2D eigenvalue weighted by atomic mass is 31.1. The molecule has 0 amide bonds. The minimum atomic E-state index is 0.145. The van der Waals surface area contributed by atoms with E-state index in [1.165, 1.54) is 6.42 Å². The van der Waals surface area contributed by atoms with Crippen LogP contribution >= 0.6 is 8.81 Å². The van der Waals surface area contributed by atoms with Crippen LogP contribution in [-0.2, 0) is 0 Å². The molecule has 0 aromatic carbocycles. The SMILES string of the molecule is CC[C@@H](C)CPO. The summed E-state index contributed by atoms with van der Waals surface area (Å²) in [6, 6.07) is 0. The van der Waals surface area contributed by atoms with E-state index in [4.69, 9.17) is 4.89 Å². The van der Waals surface area contributed by atoms with Gasteiger partial charge in [0.1, 0.15) is 0 Å². The fraction of sp³-hybridized carbons (Fsp3) is 1.00. The Kier molecular flexibility index (Phi) is 4.80. The van der Waals surface area contributed by atoms with Gasteiger partial charge < -0.3 is 4.89 Å². The van der Waals surface area contributed by atoms with E-state index >= 15 is 0 Å². The number of rotatable bonds is 3. The molecule has 0 bridgehead atoms. The van der Waals surface area contributed by atoms with E-state index in [2.05, 4.69) is 13.8 Å². The Morgan fingerprint density at radius 3 is 2.43 bits per heavy atom. The highest BCUT2D eigenvalue weighted by Gasteiger charge is 1.93. The third kappa shape index (κ3) is 4.24. The Morgan fingerprint density at radius 2 is 2.29 bits per heavy atom. The molecule has 2 heteroatoms. The molecule has 1 nitrogen and oxygen atoms in total. The molecule has 0 radical (unpaired) electrons. The smallest absolute Gasteiger partial charge is 0.0109 e. The van der Waals surface area contributed by atoms with Crippen molar-refractivity contribution in [3.63, 3.8) is 0 Å². The molecule has 0 rings (SSSR count). The van der Waals surface area contributed by atoms with Crippen LogP contribution in [0, 0.1) is 5.92 Å². The molecule has 0 aromatic rings. The first-order chi connectivity index (χ1) is 3.31. The maximum atomic E-state index is 8.40. The van der Waals surface area contributed by atoms with Crippen LogP contribution in [0.4, 0.5) is 0 Å². The molecule has 0 aliphatic heterocycles. The second-order valence-corrected chi connectivity index (χ2v) is 2.60. The van der Waals surface area contributed by atoms with Gasteiger partial charge >= 0.3 is 0 Å². The van der Waals surface area contributed by atoms with E-state index in [0.717, 1.165) is 6.16 Å². The summed E-state index contributed by atoms with van der Waals surface area (Å²) in [5, 5.41) is 0. The maximum absolute atomic E-state index is 8.40. The number of hydrogen-bond donors (Lipinski definition) is 1. The van der Waals surface area contributed by atoms with Gasteiger partial charge in [0.2, 0.25) is 0 Å². The molecular formula is C5H13OP. The molecule has 0 fully saturated rings. The Bertz CT molecular complexity index is 39.1. The highest BCUT2D eigenvalue weighted by Crippen LogP contribution is 2.11. The summed E-state index contributed by atoms with van der Waals surface area (Å²) in [7, 11) is 0.145. The standard InChI is InChI=1S/C5H13OP/c1-3-5(2)4-7-6/h5-7H,3-4H2,1-2H3/t5-/m1/s1. The first-order valence-electron chi connectivity index (χ1n) is 2.68. The van der Waals surface area contributed by atoms with Gasteiger partial charge in [-0.1, -0.05) is 20.3 Å². The molecular weight excluding hydrogens is 107 g/mol. The normalized spacial score (nSPS) is 15.9. The molecule has 0 aromatic heterocycles. The number of hydrogen-bond acceptors (Lipinski definition) is 1. The third-order valence-electron chi connectivity index (χ3n) is 1.14. The maximum Gasteiger partial charge on any atom is 0.0109 e.